The van der Waals surface area contributed by atoms with Gasteiger partial charge in [0, 0.05) is 6.04 Å². The van der Waals surface area contributed by atoms with E-state index in [1.807, 2.05) is 0 Å². The molecule has 0 saturated carbocycles. The van der Waals surface area contributed by atoms with E-state index < -0.39 is 24.2 Å². The molecule has 1 unspecified atom stereocenters. The molecule has 1 N–H and O–H groups in total. The molecule has 0 aliphatic rings. The Hall–Kier alpha value is -1.24. The zero-order valence-electron chi connectivity index (χ0n) is 10.8. The van der Waals surface area contributed by atoms with Gasteiger partial charge in [-0.15, -0.1) is 0 Å². The molecule has 0 bridgehead atoms. The summed E-state index contributed by atoms with van der Waals surface area (Å²) in [5.74, 6) is 0. The molecule has 0 saturated heterocycles. The van der Waals surface area contributed by atoms with Crippen LogP contribution in [0.4, 0.5) is 18.9 Å². The topological polar surface area (TPSA) is 46.9 Å². The van der Waals surface area contributed by atoms with Crippen molar-refractivity contribution in [2.75, 3.05) is 5.32 Å². The van der Waals surface area contributed by atoms with Gasteiger partial charge in [0.05, 0.1) is 24.3 Å². The van der Waals surface area contributed by atoms with Gasteiger partial charge in [0.15, 0.2) is 0 Å². The highest BCUT2D eigenvalue weighted by atomic mass is 35.5. The van der Waals surface area contributed by atoms with Crippen LogP contribution in [-0.4, -0.2) is 22.0 Å². The van der Waals surface area contributed by atoms with Crippen molar-refractivity contribution in [3.05, 3.63) is 21.6 Å². The van der Waals surface area contributed by atoms with Crippen LogP contribution in [0.5, 0.6) is 0 Å². The Morgan fingerprint density at radius 3 is 2.47 bits per heavy atom. The molecule has 1 rings (SSSR count). The van der Waals surface area contributed by atoms with Gasteiger partial charge in [-0.2, -0.15) is 18.3 Å². The Morgan fingerprint density at radius 2 is 2.00 bits per heavy atom. The third kappa shape index (κ3) is 4.41. The molecule has 1 aromatic heterocycles. The van der Waals surface area contributed by atoms with E-state index in [1.54, 1.807) is 13.8 Å². The van der Waals surface area contributed by atoms with Crippen molar-refractivity contribution in [1.29, 1.82) is 0 Å². The van der Waals surface area contributed by atoms with Gasteiger partial charge in [-0.25, -0.2) is 4.68 Å². The minimum Gasteiger partial charge on any atom is -0.380 e. The molecule has 0 fully saturated rings. The van der Waals surface area contributed by atoms with Crippen LogP contribution >= 0.6 is 11.6 Å². The van der Waals surface area contributed by atoms with E-state index in [1.165, 1.54) is 17.8 Å². The van der Waals surface area contributed by atoms with E-state index >= 15 is 0 Å². The van der Waals surface area contributed by atoms with Crippen LogP contribution < -0.4 is 10.9 Å². The predicted molar refractivity (Wildman–Crippen MR) is 67.6 cm³/mol. The molecule has 0 amide bonds. The van der Waals surface area contributed by atoms with Crippen LogP contribution in [0.15, 0.2) is 11.0 Å². The number of hydrogen-bond donors (Lipinski definition) is 1. The second-order valence-electron chi connectivity index (χ2n) is 4.58. The van der Waals surface area contributed by atoms with Gasteiger partial charge in [0.2, 0.25) is 0 Å². The SMILES string of the molecule is CC(CC(F)(F)F)Nc1cnn(C(C)C)c(=O)c1Cl. The van der Waals surface area contributed by atoms with Crippen LogP contribution in [0.25, 0.3) is 0 Å². The monoisotopic (exact) mass is 297 g/mol. The lowest BCUT2D eigenvalue weighted by atomic mass is 10.2. The van der Waals surface area contributed by atoms with Gasteiger partial charge in [0.25, 0.3) is 5.56 Å². The Kier molecular flexibility index (Phi) is 4.84. The largest absolute Gasteiger partial charge is 0.391 e. The molecule has 0 aliphatic carbocycles. The van der Waals surface area contributed by atoms with Crippen molar-refractivity contribution >= 4 is 17.3 Å². The summed E-state index contributed by atoms with van der Waals surface area (Å²) in [7, 11) is 0. The Morgan fingerprint density at radius 1 is 1.42 bits per heavy atom. The zero-order valence-corrected chi connectivity index (χ0v) is 11.5. The number of halogens is 4. The van der Waals surface area contributed by atoms with Crippen LogP contribution in [0.1, 0.15) is 33.2 Å². The van der Waals surface area contributed by atoms with Crippen LogP contribution in [0.3, 0.4) is 0 Å². The number of aromatic nitrogens is 2. The maximum atomic E-state index is 12.2. The van der Waals surface area contributed by atoms with Crippen LogP contribution in [0, 0.1) is 0 Å². The highest BCUT2D eigenvalue weighted by Crippen LogP contribution is 2.24. The highest BCUT2D eigenvalue weighted by molar-refractivity contribution is 6.32. The van der Waals surface area contributed by atoms with Crippen molar-refractivity contribution in [3.8, 4) is 0 Å². The Balaban J connectivity index is 2.92. The van der Waals surface area contributed by atoms with Crippen molar-refractivity contribution in [2.45, 2.75) is 45.5 Å². The minimum atomic E-state index is -4.28. The summed E-state index contributed by atoms with van der Waals surface area (Å²) in [6.07, 6.45) is -4.04. The molecular formula is C11H15ClF3N3O. The van der Waals surface area contributed by atoms with E-state index in [4.69, 9.17) is 11.6 Å². The molecule has 0 radical (unpaired) electrons. The summed E-state index contributed by atoms with van der Waals surface area (Å²) in [6, 6.07) is -1.07. The summed E-state index contributed by atoms with van der Waals surface area (Å²) in [6.45, 7) is 4.87. The van der Waals surface area contributed by atoms with E-state index in [2.05, 4.69) is 10.4 Å². The van der Waals surface area contributed by atoms with Crippen molar-refractivity contribution in [2.24, 2.45) is 0 Å². The summed E-state index contributed by atoms with van der Waals surface area (Å²) >= 11 is 5.84. The molecule has 108 valence electrons. The standard InChI is InChI=1S/C11H15ClF3N3O/c1-6(2)18-10(19)9(12)8(5-16-18)17-7(3)4-11(13,14)15/h5-7,17H,4H2,1-3H3. The van der Waals surface area contributed by atoms with Gasteiger partial charge in [0.1, 0.15) is 5.02 Å². The second kappa shape index (κ2) is 5.81. The van der Waals surface area contributed by atoms with Crippen LogP contribution in [-0.2, 0) is 0 Å². The summed E-state index contributed by atoms with van der Waals surface area (Å²) in [5, 5.41) is 6.26. The fourth-order valence-electron chi connectivity index (χ4n) is 1.58. The summed E-state index contributed by atoms with van der Waals surface area (Å²) in [4.78, 5) is 11.8. The summed E-state index contributed by atoms with van der Waals surface area (Å²) in [5.41, 5.74) is -0.416. The lowest BCUT2D eigenvalue weighted by Crippen LogP contribution is -2.28. The second-order valence-corrected chi connectivity index (χ2v) is 4.96. The molecule has 4 nitrogen and oxygen atoms in total. The maximum Gasteiger partial charge on any atom is 0.391 e. The van der Waals surface area contributed by atoms with Crippen molar-refractivity contribution in [1.82, 2.24) is 9.78 Å². The van der Waals surface area contributed by atoms with Crippen molar-refractivity contribution < 1.29 is 13.2 Å². The van der Waals surface area contributed by atoms with E-state index in [-0.39, 0.29) is 16.8 Å². The average molecular weight is 298 g/mol. The van der Waals surface area contributed by atoms with E-state index in [0.717, 1.165) is 0 Å². The molecular weight excluding hydrogens is 283 g/mol. The Bertz CT molecular complexity index is 499. The van der Waals surface area contributed by atoms with E-state index in [9.17, 15) is 18.0 Å². The number of hydrogen-bond acceptors (Lipinski definition) is 3. The first-order chi connectivity index (χ1) is 8.61. The molecule has 8 heteroatoms. The molecule has 1 heterocycles. The van der Waals surface area contributed by atoms with Crippen LogP contribution in [0.2, 0.25) is 5.02 Å². The van der Waals surface area contributed by atoms with Crippen molar-refractivity contribution in [3.63, 3.8) is 0 Å². The first-order valence-electron chi connectivity index (χ1n) is 5.72. The lowest BCUT2D eigenvalue weighted by Gasteiger charge is -2.18. The van der Waals surface area contributed by atoms with Gasteiger partial charge in [-0.05, 0) is 20.8 Å². The Labute approximate surface area is 113 Å². The first-order valence-corrected chi connectivity index (χ1v) is 6.10. The molecule has 19 heavy (non-hydrogen) atoms. The maximum absolute atomic E-state index is 12.2. The van der Waals surface area contributed by atoms with E-state index in [0.29, 0.717) is 0 Å². The number of nitrogens with zero attached hydrogens (tertiary/aromatic N) is 2. The quantitative estimate of drug-likeness (QED) is 0.928. The highest BCUT2D eigenvalue weighted by Gasteiger charge is 2.30. The number of alkyl halides is 3. The third-order valence-electron chi connectivity index (χ3n) is 2.37. The molecule has 1 atom stereocenters. The van der Waals surface area contributed by atoms with Gasteiger partial charge >= 0.3 is 6.18 Å². The fraction of sp³-hybridized carbons (Fsp3) is 0.636. The fourth-order valence-corrected chi connectivity index (χ4v) is 1.77. The normalized spacial score (nSPS) is 13.7. The number of rotatable bonds is 4. The minimum absolute atomic E-state index is 0.111. The van der Waals surface area contributed by atoms with Gasteiger partial charge in [-0.1, -0.05) is 11.6 Å². The molecule has 1 aromatic rings. The average Bonchev–Trinajstić information content (AvgIpc) is 2.21. The van der Waals surface area contributed by atoms with Gasteiger partial charge in [-0.3, -0.25) is 4.79 Å². The predicted octanol–water partition coefficient (Wildman–Crippen LogP) is 3.23. The smallest absolute Gasteiger partial charge is 0.380 e. The first kappa shape index (κ1) is 15.8. The lowest BCUT2D eigenvalue weighted by molar-refractivity contribution is -0.136. The zero-order chi connectivity index (χ0) is 14.8. The number of nitrogens with one attached hydrogen (secondary N) is 1. The molecule has 0 aliphatic heterocycles. The third-order valence-corrected chi connectivity index (χ3v) is 2.74. The van der Waals surface area contributed by atoms with Gasteiger partial charge < -0.3 is 5.32 Å². The molecule has 0 spiro atoms. The number of anilines is 1. The molecule has 0 aromatic carbocycles. The summed E-state index contributed by atoms with van der Waals surface area (Å²) < 4.78 is 37.8.